The number of nitriles is 1. The van der Waals surface area contributed by atoms with Crippen LogP contribution in [0.5, 0.6) is 0 Å². The maximum Gasteiger partial charge on any atom is 0.432 e. The lowest BCUT2D eigenvalue weighted by Gasteiger charge is -2.17. The number of rotatable bonds is 3. The molecule has 2 aromatic rings. The third kappa shape index (κ3) is 2.79. The number of benzene rings is 1. The Labute approximate surface area is 159 Å². The molecule has 2 atom stereocenters. The number of carbonyl (C=O) groups is 1. The molecule has 1 aromatic heterocycles. The smallest absolute Gasteiger partial charge is 0.432 e. The fourth-order valence-electron chi connectivity index (χ4n) is 3.08. The van der Waals surface area contributed by atoms with Crippen molar-refractivity contribution in [3.63, 3.8) is 0 Å². The molecule has 1 N–H and O–H groups in total. The van der Waals surface area contributed by atoms with Crippen molar-refractivity contribution in [2.24, 2.45) is 5.41 Å². The third-order valence-corrected chi connectivity index (χ3v) is 5.66. The molecule has 1 aromatic carbocycles. The van der Waals surface area contributed by atoms with Crippen LogP contribution in [0, 0.1) is 16.7 Å². The van der Waals surface area contributed by atoms with Crippen LogP contribution in [0.1, 0.15) is 30.6 Å². The second kappa shape index (κ2) is 6.03. The number of hydrogen-bond donors (Lipinski definition) is 1. The molecule has 1 heterocycles. The molecule has 9 heteroatoms. The maximum atomic E-state index is 13.7. The van der Waals surface area contributed by atoms with E-state index in [4.69, 9.17) is 11.6 Å². The molecule has 1 saturated carbocycles. The quantitative estimate of drug-likeness (QED) is 0.676. The molecule has 26 heavy (non-hydrogen) atoms. The number of aliphatic carboxylic acids is 1. The molecular weight excluding hydrogens is 437 g/mol. The number of nitrogens with zero attached hydrogens (tertiary/aromatic N) is 2. The summed E-state index contributed by atoms with van der Waals surface area (Å²) in [6.45, 7) is 1.39. The molecule has 0 amide bonds. The zero-order valence-corrected chi connectivity index (χ0v) is 15.6. The Morgan fingerprint density at radius 2 is 2.00 bits per heavy atom. The largest absolute Gasteiger partial charge is 0.481 e. The molecule has 0 bridgehead atoms. The molecule has 0 aliphatic heterocycles. The van der Waals surface area contributed by atoms with Gasteiger partial charge in [0.15, 0.2) is 0 Å². The Hall–Kier alpha value is -1.98. The van der Waals surface area contributed by atoms with Crippen LogP contribution in [-0.4, -0.2) is 15.6 Å². The van der Waals surface area contributed by atoms with Gasteiger partial charge in [0, 0.05) is 5.02 Å². The second-order valence-corrected chi connectivity index (χ2v) is 7.54. The minimum absolute atomic E-state index is 0.0262. The number of alkyl halides is 3. The van der Waals surface area contributed by atoms with Crippen LogP contribution in [0.4, 0.5) is 13.2 Å². The number of halogens is 5. The highest BCUT2D eigenvalue weighted by Gasteiger charge is 2.60. The van der Waals surface area contributed by atoms with Gasteiger partial charge in [-0.25, -0.2) is 0 Å². The van der Waals surface area contributed by atoms with Gasteiger partial charge in [0.1, 0.15) is 11.8 Å². The minimum Gasteiger partial charge on any atom is -0.481 e. The molecule has 0 spiro atoms. The predicted molar refractivity (Wildman–Crippen MR) is 91.7 cm³/mol. The first-order valence-corrected chi connectivity index (χ1v) is 8.59. The van der Waals surface area contributed by atoms with Crippen LogP contribution >= 0.6 is 27.5 Å². The van der Waals surface area contributed by atoms with Gasteiger partial charge in [0.05, 0.1) is 27.2 Å². The number of aromatic nitrogens is 1. The van der Waals surface area contributed by atoms with Crippen molar-refractivity contribution in [2.75, 3.05) is 0 Å². The summed E-state index contributed by atoms with van der Waals surface area (Å²) in [7, 11) is 0. The fraction of sp³-hybridized carbons (Fsp3) is 0.294. The second-order valence-electron chi connectivity index (χ2n) is 6.32. The summed E-state index contributed by atoms with van der Waals surface area (Å²) >= 11 is 8.74. The van der Waals surface area contributed by atoms with Crippen molar-refractivity contribution in [1.82, 2.24) is 4.57 Å². The van der Waals surface area contributed by atoms with Gasteiger partial charge in [-0.2, -0.15) is 18.4 Å². The molecule has 136 valence electrons. The maximum absolute atomic E-state index is 13.7. The van der Waals surface area contributed by atoms with E-state index in [1.165, 1.54) is 31.2 Å². The number of hydrogen-bond acceptors (Lipinski definition) is 2. The highest BCUT2D eigenvalue weighted by atomic mass is 79.9. The average molecular weight is 448 g/mol. The molecule has 0 saturated heterocycles. The third-order valence-electron chi connectivity index (χ3n) is 4.64. The first-order chi connectivity index (χ1) is 12.0. The SMILES string of the molecule is CC1(C(=O)O)CC1n1c(-c2ccc(Cl)cc2)c(C#N)c(Br)c1C(F)(F)F. The van der Waals surface area contributed by atoms with Crippen molar-refractivity contribution in [3.05, 3.63) is 45.0 Å². The van der Waals surface area contributed by atoms with E-state index in [0.29, 0.717) is 10.6 Å². The van der Waals surface area contributed by atoms with Gasteiger partial charge < -0.3 is 9.67 Å². The molecule has 2 unspecified atom stereocenters. The molecular formula is C17H11BrClF3N2O2. The van der Waals surface area contributed by atoms with E-state index < -0.39 is 33.8 Å². The Kier molecular flexibility index (Phi) is 4.36. The van der Waals surface area contributed by atoms with E-state index in [1.54, 1.807) is 6.07 Å². The predicted octanol–water partition coefficient (Wildman–Crippen LogP) is 5.50. The summed E-state index contributed by atoms with van der Waals surface area (Å²) in [5.41, 5.74) is -2.21. The number of carboxylic acid groups (broad SMARTS) is 1. The number of carboxylic acids is 1. The van der Waals surface area contributed by atoms with Gasteiger partial charge >= 0.3 is 12.1 Å². The van der Waals surface area contributed by atoms with Gasteiger partial charge in [-0.1, -0.05) is 23.7 Å². The van der Waals surface area contributed by atoms with E-state index >= 15 is 0 Å². The summed E-state index contributed by atoms with van der Waals surface area (Å²) in [5.74, 6) is -1.18. The van der Waals surface area contributed by atoms with Gasteiger partial charge in [-0.15, -0.1) is 0 Å². The lowest BCUT2D eigenvalue weighted by Crippen LogP contribution is -2.20. The summed E-state index contributed by atoms with van der Waals surface area (Å²) in [4.78, 5) is 11.5. The van der Waals surface area contributed by atoms with Crippen molar-refractivity contribution < 1.29 is 23.1 Å². The Balaban J connectivity index is 2.35. The zero-order chi connectivity index (χ0) is 19.4. The Morgan fingerprint density at radius 1 is 1.42 bits per heavy atom. The normalized spacial score (nSPS) is 22.1. The van der Waals surface area contributed by atoms with Crippen LogP contribution in [-0.2, 0) is 11.0 Å². The van der Waals surface area contributed by atoms with Crippen molar-refractivity contribution in [1.29, 1.82) is 5.26 Å². The first kappa shape index (κ1) is 18.8. The lowest BCUT2D eigenvalue weighted by atomic mass is 10.1. The van der Waals surface area contributed by atoms with Crippen LogP contribution in [0.15, 0.2) is 28.7 Å². The van der Waals surface area contributed by atoms with Crippen molar-refractivity contribution in [3.8, 4) is 17.3 Å². The summed E-state index contributed by atoms with van der Waals surface area (Å²) in [6.07, 6.45) is -4.73. The summed E-state index contributed by atoms with van der Waals surface area (Å²) in [6, 6.07) is 6.89. The highest BCUT2D eigenvalue weighted by Crippen LogP contribution is 2.60. The van der Waals surface area contributed by atoms with Gasteiger partial charge in [0.25, 0.3) is 0 Å². The topological polar surface area (TPSA) is 66.0 Å². The van der Waals surface area contributed by atoms with Crippen molar-refractivity contribution >= 4 is 33.5 Å². The van der Waals surface area contributed by atoms with Gasteiger partial charge in [-0.3, -0.25) is 4.79 Å². The molecule has 1 aliphatic carbocycles. The summed E-state index contributed by atoms with van der Waals surface area (Å²) in [5, 5.41) is 19.2. The van der Waals surface area contributed by atoms with Gasteiger partial charge in [-0.05, 0) is 47.0 Å². The fourth-order valence-corrected chi connectivity index (χ4v) is 3.89. The minimum atomic E-state index is -4.77. The molecule has 4 nitrogen and oxygen atoms in total. The molecule has 1 fully saturated rings. The van der Waals surface area contributed by atoms with Crippen LogP contribution in [0.25, 0.3) is 11.3 Å². The first-order valence-electron chi connectivity index (χ1n) is 7.42. The molecule has 3 rings (SSSR count). The average Bonchev–Trinajstić information content (AvgIpc) is 3.13. The standard InChI is InChI=1S/C17H11BrClF3N2O2/c1-16(15(25)26)6-11(16)24-13(8-2-4-9(19)5-3-8)10(7-23)12(18)14(24)17(20,21)22/h2-5,11H,6H2,1H3,(H,25,26). The summed E-state index contributed by atoms with van der Waals surface area (Å²) < 4.78 is 41.7. The van der Waals surface area contributed by atoms with E-state index in [2.05, 4.69) is 15.9 Å². The van der Waals surface area contributed by atoms with Crippen LogP contribution in [0.2, 0.25) is 5.02 Å². The Bertz CT molecular complexity index is 947. The van der Waals surface area contributed by atoms with Crippen LogP contribution in [0.3, 0.4) is 0 Å². The highest BCUT2D eigenvalue weighted by molar-refractivity contribution is 9.10. The van der Waals surface area contributed by atoms with Crippen molar-refractivity contribution in [2.45, 2.75) is 25.6 Å². The van der Waals surface area contributed by atoms with E-state index in [0.717, 1.165) is 4.57 Å². The zero-order valence-electron chi connectivity index (χ0n) is 13.2. The van der Waals surface area contributed by atoms with Crippen LogP contribution < -0.4 is 0 Å². The monoisotopic (exact) mass is 446 g/mol. The van der Waals surface area contributed by atoms with E-state index in [1.807, 2.05) is 0 Å². The molecule has 0 radical (unpaired) electrons. The van der Waals surface area contributed by atoms with E-state index in [-0.39, 0.29) is 17.7 Å². The Morgan fingerprint density at radius 3 is 2.42 bits per heavy atom. The lowest BCUT2D eigenvalue weighted by molar-refractivity contribution is -0.147. The van der Waals surface area contributed by atoms with E-state index in [9.17, 15) is 28.3 Å². The molecule has 1 aliphatic rings. The van der Waals surface area contributed by atoms with Gasteiger partial charge in [0.2, 0.25) is 0 Å².